The zero-order chi connectivity index (χ0) is 30.7. The summed E-state index contributed by atoms with van der Waals surface area (Å²) >= 11 is 0. The van der Waals surface area contributed by atoms with Gasteiger partial charge in [-0.1, -0.05) is 54.6 Å². The van der Waals surface area contributed by atoms with E-state index in [1.165, 1.54) is 12.7 Å². The Hall–Kier alpha value is -5.42. The Bertz CT molecular complexity index is 1800. The summed E-state index contributed by atoms with van der Waals surface area (Å²) in [5.41, 5.74) is 0.829. The van der Waals surface area contributed by atoms with E-state index in [1.54, 1.807) is 109 Å². The van der Waals surface area contributed by atoms with E-state index in [-0.39, 0.29) is 17.7 Å². The number of hydrogen-bond acceptors (Lipinski definition) is 10. The molecule has 0 aliphatic carbocycles. The molecule has 0 radical (unpaired) electrons. The molecule has 1 aliphatic rings. The van der Waals surface area contributed by atoms with Gasteiger partial charge in [0.1, 0.15) is 24.6 Å². The number of ether oxygens (including phenoxy) is 4. The number of fused-ring (bicyclic) bond motifs is 1. The first-order valence-electron chi connectivity index (χ1n) is 13.9. The van der Waals surface area contributed by atoms with Crippen molar-refractivity contribution in [1.82, 2.24) is 19.5 Å². The van der Waals surface area contributed by atoms with Gasteiger partial charge < -0.3 is 18.9 Å². The minimum Gasteiger partial charge on any atom is -0.459 e. The van der Waals surface area contributed by atoms with Crippen LogP contribution in [-0.2, 0) is 18.9 Å². The van der Waals surface area contributed by atoms with Crippen LogP contribution in [0.1, 0.15) is 49.9 Å². The van der Waals surface area contributed by atoms with Crippen molar-refractivity contribution in [1.29, 1.82) is 0 Å². The van der Waals surface area contributed by atoms with Crippen molar-refractivity contribution in [3.05, 3.63) is 126 Å². The molecule has 1 fully saturated rings. The Morgan fingerprint density at radius 1 is 0.795 bits per heavy atom. The summed E-state index contributed by atoms with van der Waals surface area (Å²) in [6.07, 6.45) is -0.473. The van der Waals surface area contributed by atoms with Gasteiger partial charge in [-0.05, 0) is 50.2 Å². The van der Waals surface area contributed by atoms with E-state index in [4.69, 9.17) is 18.9 Å². The lowest BCUT2D eigenvalue weighted by atomic mass is 9.95. The summed E-state index contributed by atoms with van der Waals surface area (Å²) in [4.78, 5) is 52.9. The molecule has 0 spiro atoms. The molecule has 6 rings (SSSR count). The van der Waals surface area contributed by atoms with Crippen LogP contribution in [0.2, 0.25) is 0 Å². The molecule has 222 valence electrons. The number of aromatic nitrogens is 4. The zero-order valence-corrected chi connectivity index (χ0v) is 23.9. The fourth-order valence-electron chi connectivity index (χ4n) is 5.20. The molecular formula is C33H28N4O7. The topological polar surface area (TPSA) is 132 Å². The molecule has 1 aliphatic heterocycles. The molecule has 4 atom stereocenters. The molecule has 11 heteroatoms. The number of rotatable bonds is 8. The Labute approximate surface area is 252 Å². The van der Waals surface area contributed by atoms with E-state index in [0.717, 1.165) is 0 Å². The summed E-state index contributed by atoms with van der Waals surface area (Å²) in [5, 5.41) is 0. The minimum atomic E-state index is -1.65. The molecule has 0 bridgehead atoms. The van der Waals surface area contributed by atoms with Crippen molar-refractivity contribution in [3.8, 4) is 0 Å². The highest BCUT2D eigenvalue weighted by molar-refractivity contribution is 5.91. The fraction of sp³-hybridized carbons (Fsp3) is 0.212. The van der Waals surface area contributed by atoms with Crippen LogP contribution in [0.4, 0.5) is 0 Å². The van der Waals surface area contributed by atoms with Gasteiger partial charge in [0.2, 0.25) is 0 Å². The Morgan fingerprint density at radius 3 is 1.98 bits per heavy atom. The lowest BCUT2D eigenvalue weighted by molar-refractivity contribution is -0.108. The number of benzene rings is 3. The average Bonchev–Trinajstić information content (AvgIpc) is 3.60. The quantitative estimate of drug-likeness (QED) is 0.184. The van der Waals surface area contributed by atoms with Crippen molar-refractivity contribution < 1.29 is 33.3 Å². The first-order valence-corrected chi connectivity index (χ1v) is 13.9. The van der Waals surface area contributed by atoms with E-state index >= 15 is 0 Å². The van der Waals surface area contributed by atoms with E-state index in [9.17, 15) is 14.4 Å². The normalized spacial score (nSPS) is 21.1. The highest BCUT2D eigenvalue weighted by Crippen LogP contribution is 2.45. The maximum atomic E-state index is 13.5. The molecule has 0 saturated carbocycles. The number of aryl methyl sites for hydroxylation is 1. The number of nitrogens with zero attached hydrogens (tertiary/aromatic N) is 4. The van der Waals surface area contributed by atoms with Crippen LogP contribution in [-0.4, -0.2) is 61.8 Å². The zero-order valence-electron chi connectivity index (χ0n) is 23.9. The van der Waals surface area contributed by atoms with Crippen molar-refractivity contribution >= 4 is 29.1 Å². The summed E-state index contributed by atoms with van der Waals surface area (Å²) in [7, 11) is 0. The lowest BCUT2D eigenvalue weighted by Crippen LogP contribution is -2.50. The number of esters is 3. The molecule has 3 heterocycles. The van der Waals surface area contributed by atoms with Crippen molar-refractivity contribution in [2.45, 2.75) is 37.9 Å². The van der Waals surface area contributed by atoms with E-state index < -0.39 is 41.9 Å². The van der Waals surface area contributed by atoms with Crippen molar-refractivity contribution in [3.63, 3.8) is 0 Å². The van der Waals surface area contributed by atoms with E-state index in [0.29, 0.717) is 22.4 Å². The Kier molecular flexibility index (Phi) is 7.86. The SMILES string of the molecule is Cc1ncnc2c1ncn2C1OC(COC(=O)c2ccccc2)C(OC(=O)c2ccccc2)C1(C)OC(=O)c1ccccc1. The molecule has 1 saturated heterocycles. The smallest absolute Gasteiger partial charge is 0.338 e. The van der Waals surface area contributed by atoms with Gasteiger partial charge in [-0.15, -0.1) is 0 Å². The van der Waals surface area contributed by atoms with Gasteiger partial charge in [0.25, 0.3) is 0 Å². The molecule has 4 unspecified atom stereocenters. The second-order valence-corrected chi connectivity index (χ2v) is 10.4. The fourth-order valence-corrected chi connectivity index (χ4v) is 5.20. The van der Waals surface area contributed by atoms with Crippen molar-refractivity contribution in [2.75, 3.05) is 6.61 Å². The second kappa shape index (κ2) is 12.1. The summed E-state index contributed by atoms with van der Waals surface area (Å²) in [5.74, 6) is -1.93. The number of carbonyl (C=O) groups is 3. The van der Waals surface area contributed by atoms with Crippen LogP contribution in [0.15, 0.2) is 104 Å². The standard InChI is InChI=1S/C33H28N4O7/c1-21-26-28(35-19-34-21)37(20-36-26)32-33(2,44-31(40)24-16-10-5-11-17-24)27(43-30(39)23-14-8-4-9-15-23)25(42-32)18-41-29(38)22-12-6-3-7-13-22/h3-17,19-20,25,27,32H,18H2,1-2H3. The minimum absolute atomic E-state index is 0.282. The van der Waals surface area contributed by atoms with Gasteiger partial charge in [0, 0.05) is 0 Å². The largest absolute Gasteiger partial charge is 0.459 e. The Morgan fingerprint density at radius 2 is 1.36 bits per heavy atom. The third-order valence-corrected chi connectivity index (χ3v) is 7.44. The van der Waals surface area contributed by atoms with Crippen LogP contribution in [0, 0.1) is 6.92 Å². The predicted molar refractivity (Wildman–Crippen MR) is 157 cm³/mol. The van der Waals surface area contributed by atoms with Gasteiger partial charge in [-0.2, -0.15) is 0 Å². The third kappa shape index (κ3) is 5.52. The molecule has 0 amide bonds. The van der Waals surface area contributed by atoms with Crippen LogP contribution >= 0.6 is 0 Å². The summed E-state index contributed by atoms with van der Waals surface area (Å²) in [6.45, 7) is 3.10. The molecular weight excluding hydrogens is 564 g/mol. The monoisotopic (exact) mass is 592 g/mol. The van der Waals surface area contributed by atoms with Gasteiger partial charge in [0.15, 0.2) is 23.6 Å². The Balaban J connectivity index is 1.41. The van der Waals surface area contributed by atoms with Gasteiger partial charge >= 0.3 is 17.9 Å². The number of carbonyl (C=O) groups excluding carboxylic acids is 3. The first kappa shape index (κ1) is 28.7. The number of imidazole rings is 1. The molecule has 44 heavy (non-hydrogen) atoms. The first-order chi connectivity index (χ1) is 21.3. The summed E-state index contributed by atoms with van der Waals surface area (Å²) in [6, 6.07) is 25.3. The van der Waals surface area contributed by atoms with Gasteiger partial charge in [0.05, 0.1) is 28.7 Å². The second-order valence-electron chi connectivity index (χ2n) is 10.4. The third-order valence-electron chi connectivity index (χ3n) is 7.44. The van der Waals surface area contributed by atoms with Gasteiger partial charge in [-0.25, -0.2) is 29.3 Å². The van der Waals surface area contributed by atoms with E-state index in [1.807, 2.05) is 0 Å². The number of hydrogen-bond donors (Lipinski definition) is 0. The highest BCUT2D eigenvalue weighted by atomic mass is 16.7. The highest BCUT2D eigenvalue weighted by Gasteiger charge is 2.60. The molecule has 11 nitrogen and oxygen atoms in total. The van der Waals surface area contributed by atoms with E-state index in [2.05, 4.69) is 15.0 Å². The maximum absolute atomic E-state index is 13.5. The van der Waals surface area contributed by atoms with Crippen LogP contribution in [0.25, 0.3) is 11.2 Å². The molecule has 0 N–H and O–H groups in total. The van der Waals surface area contributed by atoms with Gasteiger partial charge in [-0.3, -0.25) is 4.57 Å². The molecule has 5 aromatic rings. The summed E-state index contributed by atoms with van der Waals surface area (Å²) < 4.78 is 26.0. The van der Waals surface area contributed by atoms with Crippen molar-refractivity contribution in [2.24, 2.45) is 0 Å². The molecule has 2 aromatic heterocycles. The average molecular weight is 593 g/mol. The molecule has 3 aromatic carbocycles. The predicted octanol–water partition coefficient (Wildman–Crippen LogP) is 4.73. The van der Waals surface area contributed by atoms with Crippen LogP contribution in [0.3, 0.4) is 0 Å². The van der Waals surface area contributed by atoms with Crippen LogP contribution < -0.4 is 0 Å². The van der Waals surface area contributed by atoms with Crippen LogP contribution in [0.5, 0.6) is 0 Å². The lowest BCUT2D eigenvalue weighted by Gasteiger charge is -2.34. The maximum Gasteiger partial charge on any atom is 0.338 e.